The van der Waals surface area contributed by atoms with Gasteiger partial charge in [0.1, 0.15) is 0 Å². The van der Waals surface area contributed by atoms with Crippen LogP contribution < -0.4 is 0 Å². The van der Waals surface area contributed by atoms with Gasteiger partial charge in [-0.1, -0.05) is 114 Å². The lowest BCUT2D eigenvalue weighted by Crippen LogP contribution is -2.13. The van der Waals surface area contributed by atoms with Gasteiger partial charge in [0.2, 0.25) is 0 Å². The van der Waals surface area contributed by atoms with Crippen molar-refractivity contribution in [1.82, 2.24) is 0 Å². The maximum absolute atomic E-state index is 13.7. The number of rotatable bonds is 5. The Morgan fingerprint density at radius 1 is 0.460 bits per heavy atom. The van der Waals surface area contributed by atoms with Crippen molar-refractivity contribution in [1.29, 1.82) is 0 Å². The Morgan fingerprint density at radius 3 is 1.04 bits per heavy atom. The van der Waals surface area contributed by atoms with E-state index < -0.39 is 11.9 Å². The highest BCUT2D eigenvalue weighted by atomic mass is 16.4. The molecular formula is C46H46O4. The summed E-state index contributed by atoms with van der Waals surface area (Å²) in [6.45, 7) is 21.1. The van der Waals surface area contributed by atoms with E-state index in [1.54, 1.807) is 0 Å². The minimum atomic E-state index is -1.10. The first-order chi connectivity index (χ1) is 23.4. The molecule has 0 saturated carbocycles. The Labute approximate surface area is 295 Å². The summed E-state index contributed by atoms with van der Waals surface area (Å²) in [6, 6.07) is 27.9. The molecule has 0 aliphatic carbocycles. The summed E-state index contributed by atoms with van der Waals surface area (Å²) in [5, 5.41) is 25.5. The second kappa shape index (κ2) is 12.3. The third kappa shape index (κ3) is 5.87. The highest BCUT2D eigenvalue weighted by molar-refractivity contribution is 6.22. The zero-order valence-electron chi connectivity index (χ0n) is 30.8. The Morgan fingerprint density at radius 2 is 0.760 bits per heavy atom. The molecule has 2 N–H and O–H groups in total. The molecule has 0 heterocycles. The van der Waals surface area contributed by atoms with Crippen molar-refractivity contribution in [3.63, 3.8) is 0 Å². The van der Waals surface area contributed by atoms with Crippen LogP contribution in [0.25, 0.3) is 54.9 Å². The summed E-state index contributed by atoms with van der Waals surface area (Å²) < 4.78 is 0. The van der Waals surface area contributed by atoms with E-state index in [4.69, 9.17) is 0 Å². The molecule has 0 radical (unpaired) electrons. The van der Waals surface area contributed by atoms with Crippen LogP contribution in [0.5, 0.6) is 0 Å². The number of carboxylic acids is 2. The average Bonchev–Trinajstić information content (AvgIpc) is 3.01. The lowest BCUT2D eigenvalue weighted by atomic mass is 9.77. The van der Waals surface area contributed by atoms with Crippen molar-refractivity contribution < 1.29 is 19.8 Å². The van der Waals surface area contributed by atoms with Gasteiger partial charge in [-0.15, -0.1) is 0 Å². The predicted octanol–water partition coefficient (Wildman–Crippen LogP) is 12.2. The van der Waals surface area contributed by atoms with Gasteiger partial charge in [0.15, 0.2) is 0 Å². The monoisotopic (exact) mass is 662 g/mol. The van der Waals surface area contributed by atoms with Crippen LogP contribution in [0.2, 0.25) is 0 Å². The molecule has 6 aromatic carbocycles. The summed E-state index contributed by atoms with van der Waals surface area (Å²) in [6.07, 6.45) is 0. The molecule has 0 bridgehead atoms. The van der Waals surface area contributed by atoms with Gasteiger partial charge >= 0.3 is 11.9 Å². The molecule has 50 heavy (non-hydrogen) atoms. The maximum atomic E-state index is 13.7. The molecule has 0 saturated heterocycles. The van der Waals surface area contributed by atoms with E-state index in [1.807, 2.05) is 88.4 Å². The SMILES string of the molecule is Cc1cc(C(C)(C)C)cc(C)c1-c1cc2ccccc2c(-c2c(C(=O)O)c(-c3c(C)cc(C(C)(C)C)cc3C)cc3ccccc23)c1C(=O)O. The summed E-state index contributed by atoms with van der Waals surface area (Å²) in [5.74, 6) is -2.21. The molecule has 0 aromatic heterocycles. The zero-order chi connectivity index (χ0) is 36.4. The van der Waals surface area contributed by atoms with E-state index in [0.717, 1.165) is 44.2 Å². The highest BCUT2D eigenvalue weighted by Gasteiger charge is 2.31. The summed E-state index contributed by atoms with van der Waals surface area (Å²) in [5.41, 5.74) is 9.95. The van der Waals surface area contributed by atoms with Crippen LogP contribution in [0.1, 0.15) is 95.6 Å². The number of fused-ring (bicyclic) bond motifs is 2. The van der Waals surface area contributed by atoms with Gasteiger partial charge in [0.05, 0.1) is 11.1 Å². The third-order valence-electron chi connectivity index (χ3n) is 10.1. The first kappa shape index (κ1) is 34.6. The molecule has 0 atom stereocenters. The van der Waals surface area contributed by atoms with E-state index >= 15 is 0 Å². The number of hydrogen-bond acceptors (Lipinski definition) is 2. The third-order valence-corrected chi connectivity index (χ3v) is 10.1. The van der Waals surface area contributed by atoms with Crippen LogP contribution >= 0.6 is 0 Å². The van der Waals surface area contributed by atoms with Crippen LogP contribution in [0.4, 0.5) is 0 Å². The van der Waals surface area contributed by atoms with Crippen LogP contribution in [0, 0.1) is 27.7 Å². The molecular weight excluding hydrogens is 617 g/mol. The fourth-order valence-corrected chi connectivity index (χ4v) is 7.70. The van der Waals surface area contributed by atoms with Crippen molar-refractivity contribution in [2.75, 3.05) is 0 Å². The summed E-state index contributed by atoms with van der Waals surface area (Å²) in [7, 11) is 0. The Hall–Kier alpha value is -5.22. The van der Waals surface area contributed by atoms with E-state index in [0.29, 0.717) is 33.0 Å². The molecule has 4 nitrogen and oxygen atoms in total. The normalized spacial score (nSPS) is 12.1. The van der Waals surface area contributed by atoms with E-state index in [-0.39, 0.29) is 22.0 Å². The smallest absolute Gasteiger partial charge is 0.336 e. The molecule has 6 aromatic rings. The second-order valence-corrected chi connectivity index (χ2v) is 15.9. The lowest BCUT2D eigenvalue weighted by molar-refractivity contribution is 0.0685. The molecule has 0 amide bonds. The second-order valence-electron chi connectivity index (χ2n) is 15.9. The van der Waals surface area contributed by atoms with Gasteiger partial charge in [-0.05, 0) is 128 Å². The quantitative estimate of drug-likeness (QED) is 0.193. The number of carbonyl (C=O) groups is 2. The molecule has 0 aliphatic heterocycles. The molecule has 0 aliphatic rings. The minimum absolute atomic E-state index is 0.0880. The van der Waals surface area contributed by atoms with Gasteiger partial charge in [-0.2, -0.15) is 0 Å². The number of aromatic carboxylic acids is 2. The van der Waals surface area contributed by atoms with Crippen LogP contribution in [-0.2, 0) is 10.8 Å². The van der Waals surface area contributed by atoms with Crippen molar-refractivity contribution in [3.8, 4) is 33.4 Å². The first-order valence-electron chi connectivity index (χ1n) is 17.2. The molecule has 254 valence electrons. The molecule has 0 unspecified atom stereocenters. The summed E-state index contributed by atoms with van der Waals surface area (Å²) >= 11 is 0. The van der Waals surface area contributed by atoms with Crippen LogP contribution in [0.15, 0.2) is 84.9 Å². The van der Waals surface area contributed by atoms with E-state index in [9.17, 15) is 19.8 Å². The number of benzene rings is 6. The topological polar surface area (TPSA) is 74.6 Å². The lowest BCUT2D eigenvalue weighted by Gasteiger charge is -2.26. The first-order valence-corrected chi connectivity index (χ1v) is 17.2. The maximum Gasteiger partial charge on any atom is 0.336 e. The fourth-order valence-electron chi connectivity index (χ4n) is 7.70. The van der Waals surface area contributed by atoms with Crippen molar-refractivity contribution in [2.24, 2.45) is 0 Å². The number of hydrogen-bond donors (Lipinski definition) is 2. The van der Waals surface area contributed by atoms with Crippen molar-refractivity contribution in [2.45, 2.75) is 80.1 Å². The largest absolute Gasteiger partial charge is 0.478 e. The van der Waals surface area contributed by atoms with Crippen molar-refractivity contribution >= 4 is 33.5 Å². The molecule has 0 spiro atoms. The van der Waals surface area contributed by atoms with Crippen molar-refractivity contribution in [3.05, 3.63) is 129 Å². The van der Waals surface area contributed by atoms with Crippen LogP contribution in [-0.4, -0.2) is 22.2 Å². The van der Waals surface area contributed by atoms with Gasteiger partial charge in [-0.25, -0.2) is 9.59 Å². The van der Waals surface area contributed by atoms with E-state index in [2.05, 4.69) is 65.8 Å². The average molecular weight is 663 g/mol. The number of carboxylic acid groups (broad SMARTS) is 2. The van der Waals surface area contributed by atoms with Gasteiger partial charge < -0.3 is 10.2 Å². The Bertz CT molecular complexity index is 2160. The highest BCUT2D eigenvalue weighted by Crippen LogP contribution is 2.48. The van der Waals surface area contributed by atoms with E-state index in [1.165, 1.54) is 11.1 Å². The Kier molecular flexibility index (Phi) is 8.51. The summed E-state index contributed by atoms with van der Waals surface area (Å²) in [4.78, 5) is 27.5. The molecule has 6 rings (SSSR count). The van der Waals surface area contributed by atoms with Crippen LogP contribution in [0.3, 0.4) is 0 Å². The fraction of sp³-hybridized carbons (Fsp3) is 0.261. The Balaban J connectivity index is 1.84. The van der Waals surface area contributed by atoms with Gasteiger partial charge in [0, 0.05) is 11.1 Å². The number of aryl methyl sites for hydroxylation is 4. The van der Waals surface area contributed by atoms with Gasteiger partial charge in [0.25, 0.3) is 0 Å². The molecule has 0 fully saturated rings. The zero-order valence-corrected chi connectivity index (χ0v) is 30.8. The predicted molar refractivity (Wildman–Crippen MR) is 208 cm³/mol. The standard InChI is InChI=1S/C46H46O4/c1-25-19-31(45(5,6)7)20-26(2)37(25)35-23-29-15-11-13-17-33(29)39(41(35)43(47)48)40-34-18-14-12-16-30(34)24-36(42(40)44(49)50)38-27(3)21-32(22-28(38)4)46(8,9)10/h11-24H,1-10H3,(H,47,48)(H,49,50). The van der Waals surface area contributed by atoms with Gasteiger partial charge in [-0.3, -0.25) is 0 Å². The molecule has 4 heteroatoms. The minimum Gasteiger partial charge on any atom is -0.478 e.